The van der Waals surface area contributed by atoms with Crippen molar-refractivity contribution in [3.63, 3.8) is 0 Å². The average molecular weight is 366 g/mol. The van der Waals surface area contributed by atoms with Gasteiger partial charge < -0.3 is 20.1 Å². The van der Waals surface area contributed by atoms with Crippen LogP contribution in [0, 0.1) is 0 Å². The number of methoxy groups -OCH3 is 1. The highest BCUT2D eigenvalue weighted by Crippen LogP contribution is 2.37. The second-order valence-electron chi connectivity index (χ2n) is 7.30. The smallest absolute Gasteiger partial charge is 0.258 e. The first-order valence-corrected chi connectivity index (χ1v) is 9.68. The van der Waals surface area contributed by atoms with E-state index in [1.165, 1.54) is 19.3 Å². The predicted octanol–water partition coefficient (Wildman–Crippen LogP) is 4.03. The lowest BCUT2D eigenvalue weighted by atomic mass is 9.98. The van der Waals surface area contributed by atoms with Gasteiger partial charge in [0.1, 0.15) is 0 Å². The standard InChI is InChI=1S/C22H26N2O3/c1-26-20-10-9-17(12-21(20)27-18-5-3-2-4-6-18)24-14-16-8-7-15(13-23)11-19(16)22(24)25/h7-12,18H,2-6,13-14,23H2,1H3. The molecular formula is C22H26N2O3. The zero-order chi connectivity index (χ0) is 18.8. The maximum absolute atomic E-state index is 12.9. The quantitative estimate of drug-likeness (QED) is 0.868. The van der Waals surface area contributed by atoms with Crippen LogP contribution >= 0.6 is 0 Å². The van der Waals surface area contributed by atoms with E-state index in [0.717, 1.165) is 35.2 Å². The van der Waals surface area contributed by atoms with E-state index in [0.29, 0.717) is 24.6 Å². The van der Waals surface area contributed by atoms with Gasteiger partial charge in [0.05, 0.1) is 19.8 Å². The van der Waals surface area contributed by atoms with Crippen LogP contribution in [-0.2, 0) is 13.1 Å². The van der Waals surface area contributed by atoms with Crippen molar-refractivity contribution in [2.24, 2.45) is 5.73 Å². The molecule has 0 bridgehead atoms. The van der Waals surface area contributed by atoms with Crippen LogP contribution in [0.5, 0.6) is 11.5 Å². The zero-order valence-electron chi connectivity index (χ0n) is 15.7. The van der Waals surface area contributed by atoms with Crippen LogP contribution in [-0.4, -0.2) is 19.1 Å². The van der Waals surface area contributed by atoms with E-state index in [-0.39, 0.29) is 12.0 Å². The summed E-state index contributed by atoms with van der Waals surface area (Å²) >= 11 is 0. The summed E-state index contributed by atoms with van der Waals surface area (Å²) < 4.78 is 11.7. The number of hydrogen-bond acceptors (Lipinski definition) is 4. The zero-order valence-corrected chi connectivity index (χ0v) is 15.7. The average Bonchev–Trinajstić information content (AvgIpc) is 3.04. The van der Waals surface area contributed by atoms with Crippen molar-refractivity contribution in [1.29, 1.82) is 0 Å². The normalized spacial score (nSPS) is 17.1. The van der Waals surface area contributed by atoms with Gasteiger partial charge in [0.25, 0.3) is 5.91 Å². The number of amides is 1. The van der Waals surface area contributed by atoms with Crippen molar-refractivity contribution in [3.05, 3.63) is 53.1 Å². The maximum atomic E-state index is 12.9. The number of hydrogen-bond donors (Lipinski definition) is 1. The Balaban J connectivity index is 1.60. The molecule has 0 radical (unpaired) electrons. The number of ether oxygens (including phenoxy) is 2. The molecule has 1 heterocycles. The van der Waals surface area contributed by atoms with Gasteiger partial charge in [0.2, 0.25) is 0 Å². The molecule has 27 heavy (non-hydrogen) atoms. The first-order chi connectivity index (χ1) is 13.2. The SMILES string of the molecule is COc1ccc(N2Cc3ccc(CN)cc3C2=O)cc1OC1CCCCC1. The molecule has 1 amide bonds. The fourth-order valence-electron chi connectivity index (χ4n) is 3.97. The summed E-state index contributed by atoms with van der Waals surface area (Å²) in [5.74, 6) is 1.43. The van der Waals surface area contributed by atoms with Gasteiger partial charge in [0, 0.05) is 23.9 Å². The highest BCUT2D eigenvalue weighted by molar-refractivity contribution is 6.10. The van der Waals surface area contributed by atoms with Crippen molar-refractivity contribution in [1.82, 2.24) is 0 Å². The second kappa shape index (κ2) is 7.61. The van der Waals surface area contributed by atoms with Crippen LogP contribution < -0.4 is 20.1 Å². The van der Waals surface area contributed by atoms with Crippen LogP contribution in [0.1, 0.15) is 53.6 Å². The molecule has 2 N–H and O–H groups in total. The summed E-state index contributed by atoms with van der Waals surface area (Å²) in [5, 5.41) is 0. The highest BCUT2D eigenvalue weighted by atomic mass is 16.5. The molecule has 0 atom stereocenters. The van der Waals surface area contributed by atoms with Crippen LogP contribution in [0.25, 0.3) is 0 Å². The summed E-state index contributed by atoms with van der Waals surface area (Å²) in [6, 6.07) is 11.6. The first kappa shape index (κ1) is 17.9. The predicted molar refractivity (Wildman–Crippen MR) is 105 cm³/mol. The molecule has 1 saturated carbocycles. The minimum Gasteiger partial charge on any atom is -0.493 e. The Labute approximate surface area is 160 Å². The second-order valence-corrected chi connectivity index (χ2v) is 7.30. The summed E-state index contributed by atoms with van der Waals surface area (Å²) in [7, 11) is 1.65. The van der Waals surface area contributed by atoms with Crippen molar-refractivity contribution in [2.75, 3.05) is 12.0 Å². The molecule has 5 heteroatoms. The monoisotopic (exact) mass is 366 g/mol. The van der Waals surface area contributed by atoms with Crippen molar-refractivity contribution in [3.8, 4) is 11.5 Å². The van der Waals surface area contributed by atoms with Crippen LogP contribution in [0.2, 0.25) is 0 Å². The molecule has 1 aliphatic heterocycles. The molecule has 2 aliphatic rings. The number of carbonyl (C=O) groups is 1. The Kier molecular flexibility index (Phi) is 5.03. The number of fused-ring (bicyclic) bond motifs is 1. The summed E-state index contributed by atoms with van der Waals surface area (Å²) in [4.78, 5) is 14.7. The summed E-state index contributed by atoms with van der Waals surface area (Å²) in [5.41, 5.74) is 9.29. The molecule has 0 unspecified atom stereocenters. The molecule has 0 spiro atoms. The molecule has 0 saturated heterocycles. The fourth-order valence-corrected chi connectivity index (χ4v) is 3.97. The van der Waals surface area contributed by atoms with Crippen molar-refractivity contribution < 1.29 is 14.3 Å². The third-order valence-corrected chi connectivity index (χ3v) is 5.52. The molecule has 4 rings (SSSR count). The van der Waals surface area contributed by atoms with Crippen molar-refractivity contribution in [2.45, 2.75) is 51.3 Å². The Morgan fingerprint density at radius 1 is 1.07 bits per heavy atom. The van der Waals surface area contributed by atoms with Gasteiger partial charge >= 0.3 is 0 Å². The Hall–Kier alpha value is -2.53. The van der Waals surface area contributed by atoms with E-state index in [9.17, 15) is 4.79 Å². The topological polar surface area (TPSA) is 64.8 Å². The van der Waals surface area contributed by atoms with E-state index < -0.39 is 0 Å². The maximum Gasteiger partial charge on any atom is 0.258 e. The lowest BCUT2D eigenvalue weighted by Crippen LogP contribution is -2.24. The largest absolute Gasteiger partial charge is 0.493 e. The molecule has 0 aromatic heterocycles. The molecule has 5 nitrogen and oxygen atoms in total. The van der Waals surface area contributed by atoms with E-state index in [1.807, 2.05) is 36.4 Å². The van der Waals surface area contributed by atoms with Gasteiger partial charge in [0.15, 0.2) is 11.5 Å². The summed E-state index contributed by atoms with van der Waals surface area (Å²) in [6.07, 6.45) is 6.06. The molecular weight excluding hydrogens is 340 g/mol. The van der Waals surface area contributed by atoms with Crippen molar-refractivity contribution >= 4 is 11.6 Å². The van der Waals surface area contributed by atoms with E-state index in [1.54, 1.807) is 12.0 Å². The number of benzene rings is 2. The Bertz CT molecular complexity index is 843. The third kappa shape index (κ3) is 3.52. The van der Waals surface area contributed by atoms with E-state index in [4.69, 9.17) is 15.2 Å². The van der Waals surface area contributed by atoms with E-state index >= 15 is 0 Å². The van der Waals surface area contributed by atoms with Gasteiger partial charge in [-0.2, -0.15) is 0 Å². The first-order valence-electron chi connectivity index (χ1n) is 9.68. The van der Waals surface area contributed by atoms with Crippen LogP contribution in [0.3, 0.4) is 0 Å². The van der Waals surface area contributed by atoms with Gasteiger partial charge in [-0.05, 0) is 55.0 Å². The lowest BCUT2D eigenvalue weighted by Gasteiger charge is -2.25. The Morgan fingerprint density at radius 2 is 1.89 bits per heavy atom. The third-order valence-electron chi connectivity index (χ3n) is 5.52. The number of nitrogens with zero attached hydrogens (tertiary/aromatic N) is 1. The minimum atomic E-state index is 0.00841. The number of carbonyl (C=O) groups excluding carboxylic acids is 1. The van der Waals surface area contributed by atoms with Gasteiger partial charge in [-0.3, -0.25) is 4.79 Å². The molecule has 2 aromatic carbocycles. The molecule has 142 valence electrons. The fraction of sp³-hybridized carbons (Fsp3) is 0.409. The number of nitrogens with two attached hydrogens (primary N) is 1. The van der Waals surface area contributed by atoms with Gasteiger partial charge in [-0.1, -0.05) is 18.6 Å². The Morgan fingerprint density at radius 3 is 2.63 bits per heavy atom. The van der Waals surface area contributed by atoms with Crippen LogP contribution in [0.15, 0.2) is 36.4 Å². The highest BCUT2D eigenvalue weighted by Gasteiger charge is 2.29. The van der Waals surface area contributed by atoms with Gasteiger partial charge in [-0.15, -0.1) is 0 Å². The van der Waals surface area contributed by atoms with Gasteiger partial charge in [-0.25, -0.2) is 0 Å². The number of rotatable bonds is 5. The molecule has 2 aromatic rings. The lowest BCUT2D eigenvalue weighted by molar-refractivity contribution is 0.0996. The minimum absolute atomic E-state index is 0.00841. The number of anilines is 1. The van der Waals surface area contributed by atoms with E-state index in [2.05, 4.69) is 0 Å². The molecule has 1 fully saturated rings. The molecule has 1 aliphatic carbocycles. The summed E-state index contributed by atoms with van der Waals surface area (Å²) in [6.45, 7) is 0.997. The van der Waals surface area contributed by atoms with Crippen LogP contribution in [0.4, 0.5) is 5.69 Å².